The van der Waals surface area contributed by atoms with Gasteiger partial charge in [0, 0.05) is 39.3 Å². The fourth-order valence-corrected chi connectivity index (χ4v) is 5.00. The van der Waals surface area contributed by atoms with Crippen LogP contribution in [0.25, 0.3) is 0 Å². The molecule has 3 aromatic rings. The molecule has 0 aliphatic carbocycles. The highest BCUT2D eigenvalue weighted by atomic mass is 79.9. The number of halogens is 3. The number of anilines is 1. The van der Waals surface area contributed by atoms with Crippen molar-refractivity contribution in [1.82, 2.24) is 4.90 Å². The number of hydrogen-bond donors (Lipinski definition) is 0. The van der Waals surface area contributed by atoms with Crippen LogP contribution < -0.4 is 4.90 Å². The SMILES string of the molecule is CN(C(=O)C1CCN(c2ccc(Cl)cc2)C1=O)C(Cc1ccc(Br)cc1)Cc1ccc(Br)cc1. The van der Waals surface area contributed by atoms with E-state index in [9.17, 15) is 9.59 Å². The molecule has 1 unspecified atom stereocenters. The first-order valence-electron chi connectivity index (χ1n) is 11.1. The third-order valence-electron chi connectivity index (χ3n) is 6.31. The average Bonchev–Trinajstić information content (AvgIpc) is 3.22. The van der Waals surface area contributed by atoms with Crippen LogP contribution in [0.1, 0.15) is 17.5 Å². The Kier molecular flexibility index (Phi) is 8.12. The Morgan fingerprint density at radius 3 is 1.94 bits per heavy atom. The molecular weight excluding hydrogens is 580 g/mol. The molecule has 0 bridgehead atoms. The number of likely N-dealkylation sites (N-methyl/N-ethyl adjacent to an activating group) is 1. The van der Waals surface area contributed by atoms with E-state index in [0.717, 1.165) is 25.8 Å². The Balaban J connectivity index is 1.53. The quantitative estimate of drug-likeness (QED) is 0.288. The summed E-state index contributed by atoms with van der Waals surface area (Å²) in [6.45, 7) is 0.523. The van der Waals surface area contributed by atoms with Gasteiger partial charge >= 0.3 is 0 Å². The number of benzene rings is 3. The van der Waals surface area contributed by atoms with Gasteiger partial charge in [-0.15, -0.1) is 0 Å². The van der Waals surface area contributed by atoms with Gasteiger partial charge in [-0.25, -0.2) is 0 Å². The molecule has 0 spiro atoms. The molecule has 0 radical (unpaired) electrons. The molecule has 1 aliphatic heterocycles. The lowest BCUT2D eigenvalue weighted by atomic mass is 9.96. The Morgan fingerprint density at radius 2 is 1.44 bits per heavy atom. The highest BCUT2D eigenvalue weighted by molar-refractivity contribution is 9.10. The summed E-state index contributed by atoms with van der Waals surface area (Å²) in [6.07, 6.45) is 1.91. The van der Waals surface area contributed by atoms with Gasteiger partial charge in [0.25, 0.3) is 0 Å². The van der Waals surface area contributed by atoms with E-state index < -0.39 is 5.92 Å². The second-order valence-corrected chi connectivity index (χ2v) is 10.8. The number of carbonyl (C=O) groups is 2. The molecule has 4 rings (SSSR count). The van der Waals surface area contributed by atoms with Crippen molar-refractivity contribution in [1.29, 1.82) is 0 Å². The Morgan fingerprint density at radius 1 is 0.941 bits per heavy atom. The molecule has 0 aromatic heterocycles. The summed E-state index contributed by atoms with van der Waals surface area (Å²) >= 11 is 13.0. The number of amides is 2. The smallest absolute Gasteiger partial charge is 0.239 e. The third-order valence-corrected chi connectivity index (χ3v) is 7.62. The molecule has 7 heteroatoms. The second kappa shape index (κ2) is 11.1. The zero-order valence-corrected chi connectivity index (χ0v) is 22.7. The summed E-state index contributed by atoms with van der Waals surface area (Å²) in [7, 11) is 1.82. The highest BCUT2D eigenvalue weighted by Crippen LogP contribution is 2.28. The minimum atomic E-state index is -0.669. The van der Waals surface area contributed by atoms with E-state index in [1.54, 1.807) is 21.9 Å². The second-order valence-electron chi connectivity index (χ2n) is 8.57. The molecule has 0 saturated carbocycles. The van der Waals surface area contributed by atoms with Crippen LogP contribution in [0.3, 0.4) is 0 Å². The van der Waals surface area contributed by atoms with E-state index in [-0.39, 0.29) is 17.9 Å². The monoisotopic (exact) mass is 602 g/mol. The molecule has 1 aliphatic rings. The summed E-state index contributed by atoms with van der Waals surface area (Å²) in [4.78, 5) is 30.2. The first-order chi connectivity index (χ1) is 16.3. The number of nitrogens with zero attached hydrogens (tertiary/aromatic N) is 2. The molecule has 1 saturated heterocycles. The van der Waals surface area contributed by atoms with Crippen LogP contribution in [0.4, 0.5) is 5.69 Å². The molecule has 2 amide bonds. The summed E-state index contributed by atoms with van der Waals surface area (Å²) in [5, 5.41) is 0.617. The van der Waals surface area contributed by atoms with Crippen LogP contribution in [0.15, 0.2) is 81.7 Å². The predicted octanol–water partition coefficient (Wildman–Crippen LogP) is 6.53. The fraction of sp³-hybridized carbons (Fsp3) is 0.259. The first-order valence-corrected chi connectivity index (χ1v) is 13.1. The number of hydrogen-bond acceptors (Lipinski definition) is 2. The summed E-state index contributed by atoms with van der Waals surface area (Å²) in [5.74, 6) is -0.941. The fourth-order valence-electron chi connectivity index (χ4n) is 4.34. The van der Waals surface area contributed by atoms with Crippen LogP contribution >= 0.6 is 43.5 Å². The van der Waals surface area contributed by atoms with E-state index in [2.05, 4.69) is 56.1 Å². The van der Waals surface area contributed by atoms with Crippen molar-refractivity contribution >= 4 is 61.0 Å². The van der Waals surface area contributed by atoms with Crippen LogP contribution in [-0.2, 0) is 22.4 Å². The molecule has 3 aromatic carbocycles. The molecule has 0 N–H and O–H groups in total. The maximum absolute atomic E-state index is 13.6. The van der Waals surface area contributed by atoms with E-state index in [1.807, 2.05) is 43.4 Å². The Hall–Kier alpha value is -2.15. The van der Waals surface area contributed by atoms with Gasteiger partial charge in [0.15, 0.2) is 0 Å². The van der Waals surface area contributed by atoms with Crippen LogP contribution in [0.5, 0.6) is 0 Å². The van der Waals surface area contributed by atoms with E-state index in [0.29, 0.717) is 30.8 Å². The summed E-state index contributed by atoms with van der Waals surface area (Å²) < 4.78 is 2.04. The van der Waals surface area contributed by atoms with Crippen molar-refractivity contribution in [2.45, 2.75) is 25.3 Å². The number of rotatable bonds is 7. The van der Waals surface area contributed by atoms with Gasteiger partial charge < -0.3 is 9.80 Å². The van der Waals surface area contributed by atoms with Crippen LogP contribution in [0, 0.1) is 5.92 Å². The van der Waals surface area contributed by atoms with Gasteiger partial charge in [-0.1, -0.05) is 67.7 Å². The molecule has 1 fully saturated rings. The van der Waals surface area contributed by atoms with Crippen LogP contribution in [-0.4, -0.2) is 36.3 Å². The van der Waals surface area contributed by atoms with Gasteiger partial charge in [-0.2, -0.15) is 0 Å². The molecule has 1 atom stereocenters. The topological polar surface area (TPSA) is 40.6 Å². The van der Waals surface area contributed by atoms with E-state index in [1.165, 1.54) is 0 Å². The van der Waals surface area contributed by atoms with Gasteiger partial charge in [-0.3, -0.25) is 9.59 Å². The standard InChI is InChI=1S/C27H25Br2ClN2O2/c1-31(26(33)25-14-15-32(27(25)34)23-12-10-22(30)11-13-23)24(16-18-2-6-20(28)7-3-18)17-19-4-8-21(29)9-5-19/h2-13,24-25H,14-17H2,1H3. The lowest BCUT2D eigenvalue weighted by molar-refractivity contribution is -0.140. The molecule has 1 heterocycles. The van der Waals surface area contributed by atoms with Crippen molar-refractivity contribution in [2.75, 3.05) is 18.5 Å². The van der Waals surface area contributed by atoms with Crippen molar-refractivity contribution in [3.8, 4) is 0 Å². The summed E-state index contributed by atoms with van der Waals surface area (Å²) in [6, 6.07) is 23.4. The molecule has 4 nitrogen and oxygen atoms in total. The average molecular weight is 605 g/mol. The molecule has 176 valence electrons. The zero-order chi connectivity index (χ0) is 24.2. The van der Waals surface area contributed by atoms with Crippen molar-refractivity contribution in [3.05, 3.63) is 97.9 Å². The molecular formula is C27H25Br2ClN2O2. The Bertz CT molecular complexity index is 1100. The van der Waals surface area contributed by atoms with Gasteiger partial charge in [0.1, 0.15) is 5.92 Å². The minimum absolute atomic E-state index is 0.0766. The maximum atomic E-state index is 13.6. The lowest BCUT2D eigenvalue weighted by Gasteiger charge is -2.30. The largest absolute Gasteiger partial charge is 0.341 e. The normalized spacial score (nSPS) is 15.7. The van der Waals surface area contributed by atoms with Crippen LogP contribution in [0.2, 0.25) is 5.02 Å². The van der Waals surface area contributed by atoms with Crippen molar-refractivity contribution in [2.24, 2.45) is 5.92 Å². The molecule has 34 heavy (non-hydrogen) atoms. The van der Waals surface area contributed by atoms with Gasteiger partial charge in [0.05, 0.1) is 0 Å². The third kappa shape index (κ3) is 5.91. The summed E-state index contributed by atoms with van der Waals surface area (Å²) in [5.41, 5.74) is 3.06. The highest BCUT2D eigenvalue weighted by Gasteiger charge is 2.40. The van der Waals surface area contributed by atoms with E-state index >= 15 is 0 Å². The van der Waals surface area contributed by atoms with Crippen molar-refractivity contribution in [3.63, 3.8) is 0 Å². The van der Waals surface area contributed by atoms with E-state index in [4.69, 9.17) is 11.6 Å². The number of carbonyl (C=O) groups excluding carboxylic acids is 2. The van der Waals surface area contributed by atoms with Gasteiger partial charge in [-0.05, 0) is 78.9 Å². The Labute approximate surface area is 222 Å². The lowest BCUT2D eigenvalue weighted by Crippen LogP contribution is -2.45. The first kappa shape index (κ1) is 25.0. The van der Waals surface area contributed by atoms with Gasteiger partial charge in [0.2, 0.25) is 11.8 Å². The zero-order valence-electron chi connectivity index (χ0n) is 18.8. The predicted molar refractivity (Wildman–Crippen MR) is 144 cm³/mol. The van der Waals surface area contributed by atoms with Crippen molar-refractivity contribution < 1.29 is 9.59 Å². The maximum Gasteiger partial charge on any atom is 0.239 e. The minimum Gasteiger partial charge on any atom is -0.341 e.